The van der Waals surface area contributed by atoms with E-state index in [1.54, 1.807) is 0 Å². The predicted molar refractivity (Wildman–Crippen MR) is 52.6 cm³/mol. The maximum Gasteiger partial charge on any atom is 0.261 e. The first-order chi connectivity index (χ1) is 6.66. The van der Waals surface area contributed by atoms with Crippen LogP contribution in [0.5, 0.6) is 0 Å². The van der Waals surface area contributed by atoms with E-state index < -0.39 is 13.0 Å². The number of hydrogen-bond donors (Lipinski definition) is 2. The van der Waals surface area contributed by atoms with Gasteiger partial charge in [0.1, 0.15) is 6.61 Å². The smallest absolute Gasteiger partial charge is 0.261 e. The Labute approximate surface area is 84.0 Å². The Morgan fingerprint density at radius 2 is 2.14 bits per heavy atom. The van der Waals surface area contributed by atoms with Crippen LogP contribution >= 0.6 is 0 Å². The van der Waals surface area contributed by atoms with Gasteiger partial charge in [0.15, 0.2) is 0 Å². The summed E-state index contributed by atoms with van der Waals surface area (Å²) in [6.45, 7) is 3.42. The Bertz CT molecular complexity index is 125. The van der Waals surface area contributed by atoms with Gasteiger partial charge in [-0.25, -0.2) is 8.78 Å². The molecule has 0 aliphatic heterocycles. The highest BCUT2D eigenvalue weighted by Gasteiger charge is 2.01. The lowest BCUT2D eigenvalue weighted by Crippen LogP contribution is -2.29. The van der Waals surface area contributed by atoms with Gasteiger partial charge >= 0.3 is 0 Å². The summed E-state index contributed by atoms with van der Waals surface area (Å²) >= 11 is 0. The molecule has 3 N–H and O–H groups in total. The second-order valence-corrected chi connectivity index (χ2v) is 3.25. The minimum atomic E-state index is -2.36. The van der Waals surface area contributed by atoms with E-state index in [4.69, 9.17) is 10.5 Å². The SMILES string of the molecule is CC(CCN)NCCCOCC(F)F. The molecule has 5 heteroatoms. The van der Waals surface area contributed by atoms with Crippen molar-refractivity contribution in [2.24, 2.45) is 5.73 Å². The standard InChI is InChI=1S/C9H20F2N2O/c1-8(3-4-12)13-5-2-6-14-7-9(10)11/h8-9,13H,2-7,12H2,1H3. The summed E-state index contributed by atoms with van der Waals surface area (Å²) in [6.07, 6.45) is -0.682. The summed E-state index contributed by atoms with van der Waals surface area (Å²) in [7, 11) is 0. The van der Waals surface area contributed by atoms with Crippen LogP contribution in [0, 0.1) is 0 Å². The van der Waals surface area contributed by atoms with Crippen molar-refractivity contribution >= 4 is 0 Å². The summed E-state index contributed by atoms with van der Waals surface area (Å²) in [5, 5.41) is 3.22. The van der Waals surface area contributed by atoms with E-state index in [0.29, 0.717) is 19.2 Å². The Kier molecular flexibility index (Phi) is 9.13. The van der Waals surface area contributed by atoms with Gasteiger partial charge in [-0.3, -0.25) is 0 Å². The number of hydrogen-bond acceptors (Lipinski definition) is 3. The van der Waals surface area contributed by atoms with Crippen LogP contribution in [0.3, 0.4) is 0 Å². The number of rotatable bonds is 9. The Morgan fingerprint density at radius 3 is 2.71 bits per heavy atom. The predicted octanol–water partition coefficient (Wildman–Crippen LogP) is 0.985. The minimum Gasteiger partial charge on any atom is -0.375 e. The molecule has 0 aliphatic rings. The Balaban J connectivity index is 3.05. The highest BCUT2D eigenvalue weighted by Crippen LogP contribution is 1.93. The fourth-order valence-electron chi connectivity index (χ4n) is 1.05. The molecule has 0 saturated carbocycles. The molecule has 0 fully saturated rings. The summed E-state index contributed by atoms with van der Waals surface area (Å²) in [6, 6.07) is 0.384. The van der Waals surface area contributed by atoms with E-state index in [1.165, 1.54) is 0 Å². The van der Waals surface area contributed by atoms with Crippen molar-refractivity contribution in [1.82, 2.24) is 5.32 Å². The molecule has 0 spiro atoms. The van der Waals surface area contributed by atoms with Gasteiger partial charge in [-0.05, 0) is 32.9 Å². The Morgan fingerprint density at radius 1 is 1.43 bits per heavy atom. The number of nitrogens with two attached hydrogens (primary N) is 1. The van der Waals surface area contributed by atoms with Crippen molar-refractivity contribution in [3.63, 3.8) is 0 Å². The first-order valence-electron chi connectivity index (χ1n) is 4.96. The average molecular weight is 210 g/mol. The molecular formula is C9H20F2N2O. The van der Waals surface area contributed by atoms with E-state index in [-0.39, 0.29) is 0 Å². The topological polar surface area (TPSA) is 47.3 Å². The number of nitrogens with one attached hydrogen (secondary N) is 1. The molecule has 3 nitrogen and oxygen atoms in total. The maximum absolute atomic E-state index is 11.6. The van der Waals surface area contributed by atoms with Gasteiger partial charge in [0.25, 0.3) is 6.43 Å². The van der Waals surface area contributed by atoms with Gasteiger partial charge in [0, 0.05) is 12.6 Å². The first kappa shape index (κ1) is 13.7. The van der Waals surface area contributed by atoms with E-state index in [2.05, 4.69) is 5.32 Å². The van der Waals surface area contributed by atoms with Gasteiger partial charge in [0.2, 0.25) is 0 Å². The molecule has 0 amide bonds. The van der Waals surface area contributed by atoms with Gasteiger partial charge in [-0.2, -0.15) is 0 Å². The molecule has 0 aromatic heterocycles. The molecule has 1 atom stereocenters. The summed E-state index contributed by atoms with van der Waals surface area (Å²) in [4.78, 5) is 0. The normalized spacial score (nSPS) is 13.5. The third-order valence-corrected chi connectivity index (χ3v) is 1.80. The van der Waals surface area contributed by atoms with Crippen LogP contribution in [0.25, 0.3) is 0 Å². The highest BCUT2D eigenvalue weighted by atomic mass is 19.3. The van der Waals surface area contributed by atoms with Gasteiger partial charge < -0.3 is 15.8 Å². The van der Waals surface area contributed by atoms with Gasteiger partial charge in [-0.15, -0.1) is 0 Å². The van der Waals surface area contributed by atoms with Crippen molar-refractivity contribution in [2.45, 2.75) is 32.2 Å². The molecule has 0 heterocycles. The number of ether oxygens (including phenoxy) is 1. The van der Waals surface area contributed by atoms with Gasteiger partial charge in [0.05, 0.1) is 0 Å². The third-order valence-electron chi connectivity index (χ3n) is 1.80. The molecular weight excluding hydrogens is 190 g/mol. The second-order valence-electron chi connectivity index (χ2n) is 3.25. The molecule has 1 unspecified atom stereocenters. The lowest BCUT2D eigenvalue weighted by atomic mass is 10.2. The molecule has 14 heavy (non-hydrogen) atoms. The second kappa shape index (κ2) is 9.30. The van der Waals surface area contributed by atoms with Crippen molar-refractivity contribution in [2.75, 3.05) is 26.3 Å². The Hall–Kier alpha value is -0.260. The molecule has 0 radical (unpaired) electrons. The number of halogens is 2. The quantitative estimate of drug-likeness (QED) is 0.558. The van der Waals surface area contributed by atoms with Crippen LogP contribution in [0.4, 0.5) is 8.78 Å². The zero-order chi connectivity index (χ0) is 10.8. The lowest BCUT2D eigenvalue weighted by molar-refractivity contribution is 0.0167. The van der Waals surface area contributed by atoms with Crippen LogP contribution in [0.1, 0.15) is 19.8 Å². The third kappa shape index (κ3) is 9.83. The highest BCUT2D eigenvalue weighted by molar-refractivity contribution is 4.60. The summed E-state index contributed by atoms with van der Waals surface area (Å²) in [5.74, 6) is 0. The van der Waals surface area contributed by atoms with E-state index >= 15 is 0 Å². The zero-order valence-corrected chi connectivity index (χ0v) is 8.64. The fourth-order valence-corrected chi connectivity index (χ4v) is 1.05. The van der Waals surface area contributed by atoms with Crippen LogP contribution in [-0.4, -0.2) is 38.8 Å². The summed E-state index contributed by atoms with van der Waals surface area (Å²) < 4.78 is 28.0. The van der Waals surface area contributed by atoms with Crippen molar-refractivity contribution < 1.29 is 13.5 Å². The van der Waals surface area contributed by atoms with Crippen molar-refractivity contribution in [3.8, 4) is 0 Å². The molecule has 0 bridgehead atoms. The number of alkyl halides is 2. The maximum atomic E-state index is 11.6. The van der Waals surface area contributed by atoms with Crippen LogP contribution < -0.4 is 11.1 Å². The molecule has 86 valence electrons. The van der Waals surface area contributed by atoms with Gasteiger partial charge in [-0.1, -0.05) is 0 Å². The molecule has 0 aromatic rings. The monoisotopic (exact) mass is 210 g/mol. The van der Waals surface area contributed by atoms with Crippen LogP contribution in [-0.2, 0) is 4.74 Å². The van der Waals surface area contributed by atoms with E-state index in [9.17, 15) is 8.78 Å². The fraction of sp³-hybridized carbons (Fsp3) is 1.00. The lowest BCUT2D eigenvalue weighted by Gasteiger charge is -2.12. The average Bonchev–Trinajstić information content (AvgIpc) is 2.11. The van der Waals surface area contributed by atoms with Crippen molar-refractivity contribution in [3.05, 3.63) is 0 Å². The molecule has 0 aromatic carbocycles. The van der Waals surface area contributed by atoms with Crippen molar-refractivity contribution in [1.29, 1.82) is 0 Å². The molecule has 0 saturated heterocycles. The first-order valence-corrected chi connectivity index (χ1v) is 4.96. The van der Waals surface area contributed by atoms with E-state index in [0.717, 1.165) is 19.4 Å². The van der Waals surface area contributed by atoms with E-state index in [1.807, 2.05) is 6.92 Å². The largest absolute Gasteiger partial charge is 0.375 e. The van der Waals surface area contributed by atoms with Crippen LogP contribution in [0.15, 0.2) is 0 Å². The zero-order valence-electron chi connectivity index (χ0n) is 8.64. The molecule has 0 rings (SSSR count). The summed E-state index contributed by atoms with van der Waals surface area (Å²) in [5.41, 5.74) is 5.37. The minimum absolute atomic E-state index is 0.382. The molecule has 0 aliphatic carbocycles. The van der Waals surface area contributed by atoms with Crippen LogP contribution in [0.2, 0.25) is 0 Å².